The Balaban J connectivity index is 0.00000192. The summed E-state index contributed by atoms with van der Waals surface area (Å²) < 4.78 is 13.7. The average molecular weight is 433 g/mol. The zero-order valence-electron chi connectivity index (χ0n) is 13.2. The molecule has 1 aromatic carbocycles. The molecular weight excluding hydrogens is 408 g/mol. The largest absolute Gasteiger partial charge is 0.393 e. The first-order valence-electron chi connectivity index (χ1n) is 8.19. The van der Waals surface area contributed by atoms with Crippen molar-refractivity contribution in [3.05, 3.63) is 35.6 Å². The summed E-state index contributed by atoms with van der Waals surface area (Å²) in [5.41, 5.74) is 0.610. The number of hydrogen-bond donors (Lipinski definition) is 3. The van der Waals surface area contributed by atoms with E-state index in [4.69, 9.17) is 0 Å². The van der Waals surface area contributed by atoms with Gasteiger partial charge < -0.3 is 15.7 Å². The lowest BCUT2D eigenvalue weighted by molar-refractivity contribution is 0.120. The number of benzene rings is 1. The minimum atomic E-state index is -0.210. The van der Waals surface area contributed by atoms with E-state index in [-0.39, 0.29) is 35.9 Å². The number of rotatable bonds is 4. The molecule has 23 heavy (non-hydrogen) atoms. The van der Waals surface area contributed by atoms with E-state index in [1.165, 1.54) is 18.9 Å². The summed E-state index contributed by atoms with van der Waals surface area (Å²) in [7, 11) is 0. The topological polar surface area (TPSA) is 56.6 Å². The van der Waals surface area contributed by atoms with E-state index >= 15 is 0 Å². The van der Waals surface area contributed by atoms with Crippen molar-refractivity contribution >= 4 is 29.9 Å². The maximum Gasteiger partial charge on any atom is 0.192 e. The molecule has 3 rings (SSSR count). The summed E-state index contributed by atoms with van der Waals surface area (Å²) in [6.45, 7) is 0.337. The van der Waals surface area contributed by atoms with Gasteiger partial charge in [0.05, 0.1) is 12.6 Å². The highest BCUT2D eigenvalue weighted by Crippen LogP contribution is 2.20. The van der Waals surface area contributed by atoms with E-state index in [0.29, 0.717) is 24.2 Å². The van der Waals surface area contributed by atoms with Gasteiger partial charge in [-0.2, -0.15) is 0 Å². The van der Waals surface area contributed by atoms with Crippen molar-refractivity contribution in [2.75, 3.05) is 0 Å². The van der Waals surface area contributed by atoms with Gasteiger partial charge in [0, 0.05) is 17.6 Å². The summed E-state index contributed by atoms with van der Waals surface area (Å²) in [5.74, 6) is 0.560. The van der Waals surface area contributed by atoms with Crippen molar-refractivity contribution in [1.29, 1.82) is 0 Å². The number of aliphatic imine (C=N–C) groups is 1. The molecule has 0 unspecified atom stereocenters. The molecule has 2 fully saturated rings. The summed E-state index contributed by atoms with van der Waals surface area (Å²) in [6, 6.07) is 7.60. The molecule has 0 saturated heterocycles. The van der Waals surface area contributed by atoms with Crippen LogP contribution in [0.25, 0.3) is 0 Å². The van der Waals surface area contributed by atoms with Gasteiger partial charge in [-0.15, -0.1) is 24.0 Å². The quantitative estimate of drug-likeness (QED) is 0.389. The zero-order valence-corrected chi connectivity index (χ0v) is 15.5. The van der Waals surface area contributed by atoms with Gasteiger partial charge >= 0.3 is 0 Å². The van der Waals surface area contributed by atoms with Crippen molar-refractivity contribution in [3.8, 4) is 0 Å². The predicted molar refractivity (Wildman–Crippen MR) is 101 cm³/mol. The van der Waals surface area contributed by atoms with Crippen molar-refractivity contribution in [2.24, 2.45) is 4.99 Å². The fourth-order valence-corrected chi connectivity index (χ4v) is 2.76. The van der Waals surface area contributed by atoms with Crippen molar-refractivity contribution in [1.82, 2.24) is 10.6 Å². The maximum absolute atomic E-state index is 13.7. The second-order valence-corrected chi connectivity index (χ2v) is 6.32. The van der Waals surface area contributed by atoms with E-state index in [9.17, 15) is 9.50 Å². The third kappa shape index (κ3) is 5.91. The Kier molecular flexibility index (Phi) is 7.08. The van der Waals surface area contributed by atoms with Crippen LogP contribution < -0.4 is 10.6 Å². The molecule has 0 amide bonds. The smallest absolute Gasteiger partial charge is 0.192 e. The van der Waals surface area contributed by atoms with Gasteiger partial charge in [0.15, 0.2) is 5.96 Å². The van der Waals surface area contributed by atoms with Gasteiger partial charge in [-0.3, -0.25) is 0 Å². The molecule has 0 aromatic heterocycles. The van der Waals surface area contributed by atoms with E-state index in [1.807, 2.05) is 6.07 Å². The third-order valence-electron chi connectivity index (χ3n) is 4.32. The van der Waals surface area contributed by atoms with Crippen LogP contribution >= 0.6 is 24.0 Å². The minimum Gasteiger partial charge on any atom is -0.393 e. The predicted octanol–water partition coefficient (Wildman–Crippen LogP) is 2.94. The molecule has 0 heterocycles. The Bertz CT molecular complexity index is 528. The molecule has 0 atom stereocenters. The third-order valence-corrected chi connectivity index (χ3v) is 4.32. The molecule has 128 valence electrons. The van der Waals surface area contributed by atoms with Crippen molar-refractivity contribution in [3.63, 3.8) is 0 Å². The van der Waals surface area contributed by atoms with E-state index in [2.05, 4.69) is 15.6 Å². The van der Waals surface area contributed by atoms with E-state index in [0.717, 1.165) is 31.6 Å². The summed E-state index contributed by atoms with van der Waals surface area (Å²) in [5, 5.41) is 16.4. The van der Waals surface area contributed by atoms with Gasteiger partial charge in [-0.05, 0) is 44.6 Å². The molecule has 0 spiro atoms. The highest BCUT2D eigenvalue weighted by Gasteiger charge is 2.25. The number of aliphatic hydroxyl groups is 1. The zero-order chi connectivity index (χ0) is 15.4. The highest BCUT2D eigenvalue weighted by atomic mass is 127. The molecule has 0 bridgehead atoms. The number of aliphatic hydroxyl groups excluding tert-OH is 1. The Hall–Kier alpha value is -0.890. The molecule has 0 radical (unpaired) electrons. The van der Waals surface area contributed by atoms with Crippen LogP contribution in [0.1, 0.15) is 44.1 Å². The van der Waals surface area contributed by atoms with Crippen LogP contribution in [0, 0.1) is 5.82 Å². The first kappa shape index (κ1) is 18.4. The Labute approximate surface area is 154 Å². The summed E-state index contributed by atoms with van der Waals surface area (Å²) in [4.78, 5) is 4.54. The SMILES string of the molecule is I.OC1CCC(NC(=NCc2ccccc2F)NC2CC2)CC1. The minimum absolute atomic E-state index is 0. The molecule has 1 aromatic rings. The van der Waals surface area contributed by atoms with Crippen LogP contribution in [0.4, 0.5) is 4.39 Å². The van der Waals surface area contributed by atoms with Crippen LogP contribution in [0.15, 0.2) is 29.3 Å². The van der Waals surface area contributed by atoms with Gasteiger partial charge in [-0.25, -0.2) is 9.38 Å². The number of nitrogens with zero attached hydrogens (tertiary/aromatic N) is 1. The maximum atomic E-state index is 13.7. The second kappa shape index (κ2) is 8.82. The van der Waals surface area contributed by atoms with Gasteiger partial charge in [0.2, 0.25) is 0 Å². The molecular formula is C17H25FIN3O. The van der Waals surface area contributed by atoms with Crippen LogP contribution in [0.3, 0.4) is 0 Å². The fourth-order valence-electron chi connectivity index (χ4n) is 2.76. The average Bonchev–Trinajstić information content (AvgIpc) is 3.32. The Morgan fingerprint density at radius 1 is 1.04 bits per heavy atom. The van der Waals surface area contributed by atoms with Gasteiger partial charge in [0.25, 0.3) is 0 Å². The van der Waals surface area contributed by atoms with E-state index < -0.39 is 0 Å². The van der Waals surface area contributed by atoms with E-state index in [1.54, 1.807) is 12.1 Å². The molecule has 0 aliphatic heterocycles. The fraction of sp³-hybridized carbons (Fsp3) is 0.588. The van der Waals surface area contributed by atoms with Crippen LogP contribution in [-0.4, -0.2) is 29.3 Å². The van der Waals surface area contributed by atoms with Crippen LogP contribution in [-0.2, 0) is 6.54 Å². The normalized spacial score (nSPS) is 24.7. The lowest BCUT2D eigenvalue weighted by atomic mass is 9.93. The van der Waals surface area contributed by atoms with Crippen LogP contribution in [0.2, 0.25) is 0 Å². The summed E-state index contributed by atoms with van der Waals surface area (Å²) in [6.07, 6.45) is 5.75. The molecule has 2 saturated carbocycles. The molecule has 3 N–H and O–H groups in total. The molecule has 4 nitrogen and oxygen atoms in total. The lowest BCUT2D eigenvalue weighted by Gasteiger charge is -2.27. The standard InChI is InChI=1S/C17H24FN3O.HI/c18-16-4-2-1-3-12(16)11-19-17(20-13-5-6-13)21-14-7-9-15(22)10-8-14;/h1-4,13-15,22H,5-11H2,(H2,19,20,21);1H. The lowest BCUT2D eigenvalue weighted by Crippen LogP contribution is -2.46. The Morgan fingerprint density at radius 3 is 2.17 bits per heavy atom. The summed E-state index contributed by atoms with van der Waals surface area (Å²) >= 11 is 0. The Morgan fingerprint density at radius 2 is 1.61 bits per heavy atom. The number of hydrogen-bond acceptors (Lipinski definition) is 2. The van der Waals surface area contributed by atoms with Crippen molar-refractivity contribution in [2.45, 2.75) is 63.3 Å². The monoisotopic (exact) mass is 433 g/mol. The first-order valence-corrected chi connectivity index (χ1v) is 8.19. The highest BCUT2D eigenvalue weighted by molar-refractivity contribution is 14.0. The number of nitrogens with one attached hydrogen (secondary N) is 2. The van der Waals surface area contributed by atoms with Crippen LogP contribution in [0.5, 0.6) is 0 Å². The molecule has 2 aliphatic carbocycles. The van der Waals surface area contributed by atoms with Gasteiger partial charge in [-0.1, -0.05) is 18.2 Å². The first-order chi connectivity index (χ1) is 10.7. The molecule has 2 aliphatic rings. The molecule has 6 heteroatoms. The van der Waals surface area contributed by atoms with Crippen molar-refractivity contribution < 1.29 is 9.50 Å². The second-order valence-electron chi connectivity index (χ2n) is 6.32. The van der Waals surface area contributed by atoms with Gasteiger partial charge in [0.1, 0.15) is 5.82 Å². The number of halogens is 2. The number of guanidine groups is 1.